The first-order valence-electron chi connectivity index (χ1n) is 9.07. The number of rotatable bonds is 9. The minimum atomic E-state index is -3.33. The molecule has 156 valence electrons. The third-order valence-electron chi connectivity index (χ3n) is 4.45. The number of amides is 3. The zero-order chi connectivity index (χ0) is 21.4. The zero-order valence-corrected chi connectivity index (χ0v) is 17.3. The van der Waals surface area contributed by atoms with E-state index in [2.05, 4.69) is 15.4 Å². The highest BCUT2D eigenvalue weighted by molar-refractivity contribution is 7.88. The van der Waals surface area contributed by atoms with Gasteiger partial charge in [-0.05, 0) is 36.2 Å². The van der Waals surface area contributed by atoms with Crippen molar-refractivity contribution in [2.75, 3.05) is 7.05 Å². The second kappa shape index (κ2) is 10.0. The lowest BCUT2D eigenvalue weighted by atomic mass is 9.98. The lowest BCUT2D eigenvalue weighted by Gasteiger charge is -2.19. The minimum absolute atomic E-state index is 0.0479. The molecule has 0 aliphatic rings. The number of sulfonamides is 1. The number of nitrogens with two attached hydrogens (primary N) is 1. The van der Waals surface area contributed by atoms with E-state index in [1.807, 2.05) is 31.2 Å². The summed E-state index contributed by atoms with van der Waals surface area (Å²) < 4.78 is 25.4. The Balaban J connectivity index is 1.97. The molecule has 1 unspecified atom stereocenters. The van der Waals surface area contributed by atoms with Crippen molar-refractivity contribution in [3.05, 3.63) is 70.8 Å². The van der Waals surface area contributed by atoms with Gasteiger partial charge in [0.15, 0.2) is 0 Å². The summed E-state index contributed by atoms with van der Waals surface area (Å²) in [5.74, 6) is -0.346. The SMILES string of the molecule is CNS(=O)(=O)Cc1ccc(CNC(=O)CC(NC(N)=O)c2ccccc2C)cc1. The lowest BCUT2D eigenvalue weighted by Crippen LogP contribution is -2.36. The van der Waals surface area contributed by atoms with E-state index in [-0.39, 0.29) is 24.6 Å². The summed E-state index contributed by atoms with van der Waals surface area (Å²) in [6.45, 7) is 2.19. The molecule has 2 aromatic carbocycles. The van der Waals surface area contributed by atoms with Crippen molar-refractivity contribution in [2.45, 2.75) is 31.7 Å². The molecular formula is C20H26N4O4S. The smallest absolute Gasteiger partial charge is 0.312 e. The molecule has 1 atom stereocenters. The van der Waals surface area contributed by atoms with E-state index in [9.17, 15) is 18.0 Å². The van der Waals surface area contributed by atoms with Crippen LogP contribution in [0, 0.1) is 6.92 Å². The molecule has 3 amide bonds. The number of carbonyl (C=O) groups excluding carboxylic acids is 2. The molecule has 0 aliphatic carbocycles. The number of hydrogen-bond donors (Lipinski definition) is 4. The predicted octanol–water partition coefficient (Wildman–Crippen LogP) is 1.46. The Morgan fingerprint density at radius 2 is 1.66 bits per heavy atom. The molecule has 0 radical (unpaired) electrons. The normalized spacial score (nSPS) is 12.2. The van der Waals surface area contributed by atoms with Crippen molar-refractivity contribution in [1.82, 2.24) is 15.4 Å². The van der Waals surface area contributed by atoms with Crippen LogP contribution in [0.1, 0.15) is 34.7 Å². The van der Waals surface area contributed by atoms with Gasteiger partial charge in [-0.25, -0.2) is 17.9 Å². The Hall–Kier alpha value is -2.91. The van der Waals surface area contributed by atoms with E-state index in [0.717, 1.165) is 16.7 Å². The maximum absolute atomic E-state index is 12.4. The van der Waals surface area contributed by atoms with Crippen LogP contribution < -0.4 is 21.1 Å². The molecule has 2 rings (SSSR count). The molecule has 0 aromatic heterocycles. The van der Waals surface area contributed by atoms with E-state index in [4.69, 9.17) is 5.73 Å². The van der Waals surface area contributed by atoms with Gasteiger partial charge in [0.05, 0.1) is 18.2 Å². The Labute approximate surface area is 170 Å². The zero-order valence-electron chi connectivity index (χ0n) is 16.4. The largest absolute Gasteiger partial charge is 0.352 e. The van der Waals surface area contributed by atoms with Gasteiger partial charge in [0, 0.05) is 6.54 Å². The molecule has 0 heterocycles. The number of hydrogen-bond acceptors (Lipinski definition) is 4. The van der Waals surface area contributed by atoms with Crippen molar-refractivity contribution < 1.29 is 18.0 Å². The van der Waals surface area contributed by atoms with Gasteiger partial charge in [-0.3, -0.25) is 4.79 Å². The quantitative estimate of drug-likeness (QED) is 0.491. The third-order valence-corrected chi connectivity index (χ3v) is 5.79. The van der Waals surface area contributed by atoms with E-state index in [0.29, 0.717) is 5.56 Å². The van der Waals surface area contributed by atoms with Gasteiger partial charge in [-0.2, -0.15) is 0 Å². The molecule has 29 heavy (non-hydrogen) atoms. The second-order valence-corrected chi connectivity index (χ2v) is 8.60. The summed E-state index contributed by atoms with van der Waals surface area (Å²) in [7, 11) is -1.96. The summed E-state index contributed by atoms with van der Waals surface area (Å²) in [6.07, 6.45) is 0.0479. The summed E-state index contributed by atoms with van der Waals surface area (Å²) in [4.78, 5) is 23.7. The van der Waals surface area contributed by atoms with Gasteiger partial charge in [-0.15, -0.1) is 0 Å². The number of benzene rings is 2. The van der Waals surface area contributed by atoms with Crippen LogP contribution in [0.4, 0.5) is 4.79 Å². The first kappa shape index (κ1) is 22.4. The highest BCUT2D eigenvalue weighted by Gasteiger charge is 2.19. The average Bonchev–Trinajstić information content (AvgIpc) is 2.67. The highest BCUT2D eigenvalue weighted by atomic mass is 32.2. The Kier molecular flexibility index (Phi) is 7.74. The molecule has 0 saturated carbocycles. The van der Waals surface area contributed by atoms with Gasteiger partial charge in [0.25, 0.3) is 0 Å². The standard InChI is InChI=1S/C20H26N4O4S/c1-14-5-3-4-6-17(14)18(24-20(21)26)11-19(25)23-12-15-7-9-16(10-8-15)13-29(27,28)22-2/h3-10,18,22H,11-13H2,1-2H3,(H,23,25)(H3,21,24,26). The van der Waals surface area contributed by atoms with Crippen LogP contribution in [-0.4, -0.2) is 27.4 Å². The summed E-state index contributed by atoms with van der Waals surface area (Å²) >= 11 is 0. The van der Waals surface area contributed by atoms with Crippen molar-refractivity contribution in [3.63, 3.8) is 0 Å². The van der Waals surface area contributed by atoms with Crippen molar-refractivity contribution in [3.8, 4) is 0 Å². The Bertz CT molecular complexity index is 959. The topological polar surface area (TPSA) is 130 Å². The van der Waals surface area contributed by atoms with Crippen molar-refractivity contribution >= 4 is 22.0 Å². The third kappa shape index (κ3) is 7.20. The maximum atomic E-state index is 12.4. The van der Waals surface area contributed by atoms with Gasteiger partial charge >= 0.3 is 6.03 Å². The minimum Gasteiger partial charge on any atom is -0.352 e. The van der Waals surface area contributed by atoms with Crippen LogP contribution in [0.15, 0.2) is 48.5 Å². The lowest BCUT2D eigenvalue weighted by molar-refractivity contribution is -0.121. The van der Waals surface area contributed by atoms with Gasteiger partial charge in [-0.1, -0.05) is 48.5 Å². The first-order valence-corrected chi connectivity index (χ1v) is 10.7. The second-order valence-electron chi connectivity index (χ2n) is 6.68. The Morgan fingerprint density at radius 1 is 1.03 bits per heavy atom. The maximum Gasteiger partial charge on any atom is 0.312 e. The fraction of sp³-hybridized carbons (Fsp3) is 0.300. The molecule has 0 saturated heterocycles. The van der Waals surface area contributed by atoms with Gasteiger partial charge in [0.1, 0.15) is 0 Å². The fourth-order valence-corrected chi connectivity index (χ4v) is 3.67. The van der Waals surface area contributed by atoms with Crippen LogP contribution >= 0.6 is 0 Å². The number of aryl methyl sites for hydroxylation is 1. The van der Waals surface area contributed by atoms with Crippen LogP contribution in [0.25, 0.3) is 0 Å². The first-order chi connectivity index (χ1) is 13.7. The van der Waals surface area contributed by atoms with Crippen LogP contribution in [0.5, 0.6) is 0 Å². The number of nitrogens with one attached hydrogen (secondary N) is 3. The number of urea groups is 1. The van der Waals surface area contributed by atoms with Crippen molar-refractivity contribution in [2.24, 2.45) is 5.73 Å². The fourth-order valence-electron chi connectivity index (χ4n) is 2.89. The summed E-state index contributed by atoms with van der Waals surface area (Å²) in [6, 6.07) is 13.2. The Morgan fingerprint density at radius 3 is 2.24 bits per heavy atom. The van der Waals surface area contributed by atoms with Gasteiger partial charge in [0.2, 0.25) is 15.9 Å². The highest BCUT2D eigenvalue weighted by Crippen LogP contribution is 2.20. The molecule has 9 heteroatoms. The van der Waals surface area contributed by atoms with E-state index < -0.39 is 22.1 Å². The van der Waals surface area contributed by atoms with E-state index >= 15 is 0 Å². The number of primary amides is 1. The molecule has 0 bridgehead atoms. The predicted molar refractivity (Wildman–Crippen MR) is 111 cm³/mol. The van der Waals surface area contributed by atoms with Crippen LogP contribution in [0.3, 0.4) is 0 Å². The summed E-state index contributed by atoms with van der Waals surface area (Å²) in [5, 5.41) is 5.43. The summed E-state index contributed by atoms with van der Waals surface area (Å²) in [5.41, 5.74) is 8.53. The molecule has 5 N–H and O–H groups in total. The van der Waals surface area contributed by atoms with E-state index in [1.54, 1.807) is 24.3 Å². The van der Waals surface area contributed by atoms with Crippen LogP contribution in [-0.2, 0) is 27.1 Å². The van der Waals surface area contributed by atoms with Gasteiger partial charge < -0.3 is 16.4 Å². The molecule has 0 fully saturated rings. The molecule has 0 aliphatic heterocycles. The average molecular weight is 419 g/mol. The molecule has 2 aromatic rings. The van der Waals surface area contributed by atoms with Crippen molar-refractivity contribution in [1.29, 1.82) is 0 Å². The number of carbonyl (C=O) groups is 2. The molecular weight excluding hydrogens is 392 g/mol. The molecule has 8 nitrogen and oxygen atoms in total. The van der Waals surface area contributed by atoms with Crippen LogP contribution in [0.2, 0.25) is 0 Å². The molecule has 0 spiro atoms. The van der Waals surface area contributed by atoms with E-state index in [1.165, 1.54) is 7.05 Å². The monoisotopic (exact) mass is 418 g/mol.